The number of nitrogens with zero attached hydrogens (tertiary/aromatic N) is 1. The molecule has 0 atom stereocenters. The van der Waals surface area contributed by atoms with E-state index in [2.05, 4.69) is 4.74 Å². The number of benzene rings is 1. The van der Waals surface area contributed by atoms with Gasteiger partial charge in [0.1, 0.15) is 11.5 Å². The fourth-order valence-electron chi connectivity index (χ4n) is 2.44. The zero-order valence-corrected chi connectivity index (χ0v) is 14.3. The highest BCUT2D eigenvalue weighted by Gasteiger charge is 2.32. The van der Waals surface area contributed by atoms with Crippen LogP contribution < -0.4 is 9.47 Å². The Hall–Kier alpha value is -2.24. The van der Waals surface area contributed by atoms with Crippen LogP contribution in [0, 0.1) is 0 Å². The Bertz CT molecular complexity index is 539. The second-order valence-electron chi connectivity index (χ2n) is 5.77. The molecular weight excluding hydrogens is 310 g/mol. The van der Waals surface area contributed by atoms with Gasteiger partial charge < -0.3 is 19.1 Å². The molecule has 0 bridgehead atoms. The van der Waals surface area contributed by atoms with Crippen molar-refractivity contribution in [2.75, 3.05) is 27.4 Å². The van der Waals surface area contributed by atoms with Crippen LogP contribution in [0.3, 0.4) is 0 Å². The molecule has 0 saturated heterocycles. The summed E-state index contributed by atoms with van der Waals surface area (Å²) in [5.74, 6) is 1.34. The quantitative estimate of drug-likeness (QED) is 0.485. The number of esters is 1. The van der Waals surface area contributed by atoms with E-state index in [0.29, 0.717) is 32.0 Å². The van der Waals surface area contributed by atoms with Gasteiger partial charge in [0, 0.05) is 19.0 Å². The minimum Gasteiger partial charge on any atom is -0.497 e. The maximum absolute atomic E-state index is 12.3. The highest BCUT2D eigenvalue weighted by molar-refractivity contribution is 5.78. The summed E-state index contributed by atoms with van der Waals surface area (Å²) in [6, 6.07) is 7.65. The van der Waals surface area contributed by atoms with Crippen LogP contribution in [0.25, 0.3) is 0 Å². The van der Waals surface area contributed by atoms with Crippen molar-refractivity contribution in [3.05, 3.63) is 24.3 Å². The van der Waals surface area contributed by atoms with Gasteiger partial charge in [-0.3, -0.25) is 9.59 Å². The van der Waals surface area contributed by atoms with Gasteiger partial charge in [-0.25, -0.2) is 0 Å². The number of hydrogen-bond acceptors (Lipinski definition) is 5. The summed E-state index contributed by atoms with van der Waals surface area (Å²) in [5, 5.41) is 0. The molecule has 0 unspecified atom stereocenters. The Morgan fingerprint density at radius 2 is 1.75 bits per heavy atom. The average molecular weight is 335 g/mol. The molecule has 0 aromatic heterocycles. The molecule has 1 fully saturated rings. The number of rotatable bonds is 10. The summed E-state index contributed by atoms with van der Waals surface area (Å²) in [6.07, 6.45) is 3.37. The lowest BCUT2D eigenvalue weighted by molar-refractivity contribution is -0.142. The van der Waals surface area contributed by atoms with Crippen LogP contribution >= 0.6 is 0 Å². The van der Waals surface area contributed by atoms with E-state index in [1.807, 2.05) is 29.2 Å². The molecule has 1 aliphatic rings. The first-order chi connectivity index (χ1) is 11.6. The minimum absolute atomic E-state index is 0.0831. The van der Waals surface area contributed by atoms with Gasteiger partial charge >= 0.3 is 5.97 Å². The fraction of sp³-hybridized carbons (Fsp3) is 0.556. The summed E-state index contributed by atoms with van der Waals surface area (Å²) >= 11 is 0. The molecule has 6 heteroatoms. The Morgan fingerprint density at radius 3 is 2.33 bits per heavy atom. The minimum atomic E-state index is -0.281. The van der Waals surface area contributed by atoms with Crippen molar-refractivity contribution >= 4 is 11.9 Å². The smallest absolute Gasteiger partial charge is 0.307 e. The van der Waals surface area contributed by atoms with E-state index in [4.69, 9.17) is 9.47 Å². The van der Waals surface area contributed by atoms with Crippen LogP contribution in [-0.2, 0) is 14.3 Å². The van der Waals surface area contributed by atoms with Crippen LogP contribution in [0.2, 0.25) is 0 Å². The first-order valence-electron chi connectivity index (χ1n) is 8.27. The highest BCUT2D eigenvalue weighted by atomic mass is 16.5. The van der Waals surface area contributed by atoms with E-state index in [0.717, 1.165) is 24.3 Å². The third kappa shape index (κ3) is 5.76. The average Bonchev–Trinajstić information content (AvgIpc) is 3.44. The largest absolute Gasteiger partial charge is 0.497 e. The van der Waals surface area contributed by atoms with Crippen molar-refractivity contribution in [1.82, 2.24) is 4.90 Å². The Balaban J connectivity index is 1.69. The van der Waals surface area contributed by atoms with Crippen molar-refractivity contribution in [2.45, 2.75) is 38.1 Å². The predicted molar refractivity (Wildman–Crippen MR) is 89.1 cm³/mol. The normalized spacial score (nSPS) is 13.2. The number of hydrogen-bond donors (Lipinski definition) is 0. The molecule has 1 aromatic carbocycles. The predicted octanol–water partition coefficient (Wildman–Crippen LogP) is 2.41. The van der Waals surface area contributed by atoms with Crippen LogP contribution in [0.4, 0.5) is 0 Å². The van der Waals surface area contributed by atoms with E-state index < -0.39 is 0 Å². The van der Waals surface area contributed by atoms with Crippen molar-refractivity contribution in [2.24, 2.45) is 0 Å². The highest BCUT2D eigenvalue weighted by Crippen LogP contribution is 2.27. The van der Waals surface area contributed by atoms with Crippen molar-refractivity contribution in [3.63, 3.8) is 0 Å². The molecule has 0 spiro atoms. The Labute approximate surface area is 142 Å². The fourth-order valence-corrected chi connectivity index (χ4v) is 2.44. The third-order valence-electron chi connectivity index (χ3n) is 3.96. The molecule has 2 rings (SSSR count). The van der Waals surface area contributed by atoms with Gasteiger partial charge in [0.05, 0.1) is 27.2 Å². The second-order valence-corrected chi connectivity index (χ2v) is 5.77. The summed E-state index contributed by atoms with van der Waals surface area (Å²) in [4.78, 5) is 25.4. The number of carbonyl (C=O) groups excluding carboxylic acids is 2. The zero-order valence-electron chi connectivity index (χ0n) is 14.3. The van der Waals surface area contributed by atoms with Gasteiger partial charge in [0.2, 0.25) is 5.91 Å². The summed E-state index contributed by atoms with van der Waals surface area (Å²) < 4.78 is 15.4. The van der Waals surface area contributed by atoms with Gasteiger partial charge in [-0.2, -0.15) is 0 Å². The molecule has 1 saturated carbocycles. The second kappa shape index (κ2) is 9.15. The number of ether oxygens (including phenoxy) is 3. The molecule has 1 aromatic rings. The maximum Gasteiger partial charge on any atom is 0.307 e. The molecule has 1 aliphatic carbocycles. The van der Waals surface area contributed by atoms with Crippen molar-refractivity contribution in [3.8, 4) is 11.5 Å². The van der Waals surface area contributed by atoms with E-state index in [9.17, 15) is 9.59 Å². The van der Waals surface area contributed by atoms with E-state index in [1.54, 1.807) is 7.11 Å². The van der Waals surface area contributed by atoms with Gasteiger partial charge in [-0.15, -0.1) is 0 Å². The monoisotopic (exact) mass is 335 g/mol. The topological polar surface area (TPSA) is 65.1 Å². The zero-order chi connectivity index (χ0) is 17.4. The number of carbonyl (C=O) groups is 2. The molecule has 1 amide bonds. The lowest BCUT2D eigenvalue weighted by Crippen LogP contribution is -2.35. The molecule has 0 heterocycles. The first kappa shape index (κ1) is 18.1. The SMILES string of the molecule is COC(=O)CCN(C(=O)CCCOc1ccc(OC)cc1)C1CC1. The standard InChI is InChI=1S/C18H25NO5/c1-22-15-7-9-16(10-8-15)24-13-3-4-17(20)19(14-5-6-14)12-11-18(21)23-2/h7-10,14H,3-6,11-13H2,1-2H3. The van der Waals surface area contributed by atoms with Crippen LogP contribution in [-0.4, -0.2) is 50.2 Å². The lowest BCUT2D eigenvalue weighted by Gasteiger charge is -2.22. The molecule has 132 valence electrons. The molecule has 24 heavy (non-hydrogen) atoms. The summed E-state index contributed by atoms with van der Waals surface area (Å²) in [6.45, 7) is 0.920. The summed E-state index contributed by atoms with van der Waals surface area (Å²) in [5.41, 5.74) is 0. The van der Waals surface area contributed by atoms with Crippen molar-refractivity contribution in [1.29, 1.82) is 0 Å². The van der Waals surface area contributed by atoms with Crippen molar-refractivity contribution < 1.29 is 23.8 Å². The van der Waals surface area contributed by atoms with E-state index in [1.165, 1.54) is 7.11 Å². The Kier molecular flexibility index (Phi) is 6.90. The van der Waals surface area contributed by atoms with Crippen LogP contribution in [0.5, 0.6) is 11.5 Å². The number of methoxy groups -OCH3 is 2. The van der Waals surface area contributed by atoms with Gasteiger partial charge in [0.15, 0.2) is 0 Å². The Morgan fingerprint density at radius 1 is 1.08 bits per heavy atom. The number of amides is 1. The first-order valence-corrected chi connectivity index (χ1v) is 8.27. The van der Waals surface area contributed by atoms with Gasteiger partial charge in [0.25, 0.3) is 0 Å². The van der Waals surface area contributed by atoms with Crippen LogP contribution in [0.15, 0.2) is 24.3 Å². The lowest BCUT2D eigenvalue weighted by atomic mass is 10.2. The molecule has 6 nitrogen and oxygen atoms in total. The molecule has 0 radical (unpaired) electrons. The third-order valence-corrected chi connectivity index (χ3v) is 3.96. The molecule has 0 N–H and O–H groups in total. The maximum atomic E-state index is 12.3. The molecule has 0 aliphatic heterocycles. The summed E-state index contributed by atoms with van der Waals surface area (Å²) in [7, 11) is 2.98. The van der Waals surface area contributed by atoms with Gasteiger partial charge in [-0.1, -0.05) is 0 Å². The van der Waals surface area contributed by atoms with Gasteiger partial charge in [-0.05, 0) is 43.5 Å². The molecular formula is C18H25NO5. The van der Waals surface area contributed by atoms with E-state index in [-0.39, 0.29) is 18.3 Å². The van der Waals surface area contributed by atoms with E-state index >= 15 is 0 Å². The van der Waals surface area contributed by atoms with Crippen LogP contribution in [0.1, 0.15) is 32.1 Å².